The van der Waals surface area contributed by atoms with Gasteiger partial charge < -0.3 is 9.84 Å². The number of aliphatic hydroxyl groups is 1. The third-order valence-corrected chi connectivity index (χ3v) is 5.29. The second-order valence-electron chi connectivity index (χ2n) is 7.08. The Kier molecular flexibility index (Phi) is 4.87. The van der Waals surface area contributed by atoms with Gasteiger partial charge in [0.15, 0.2) is 0 Å². The van der Waals surface area contributed by atoms with E-state index in [4.69, 9.17) is 4.74 Å². The third-order valence-electron chi connectivity index (χ3n) is 5.29. The molecule has 0 atom stereocenters. The molecule has 4 rings (SSSR count). The summed E-state index contributed by atoms with van der Waals surface area (Å²) in [4.78, 5) is 0. The van der Waals surface area contributed by atoms with E-state index in [1.54, 1.807) is 0 Å². The van der Waals surface area contributed by atoms with Crippen molar-refractivity contribution in [2.75, 3.05) is 6.61 Å². The zero-order valence-corrected chi connectivity index (χ0v) is 14.8. The molecule has 26 heavy (non-hydrogen) atoms. The van der Waals surface area contributed by atoms with Crippen molar-refractivity contribution in [3.05, 3.63) is 108 Å². The van der Waals surface area contributed by atoms with Gasteiger partial charge in [-0.3, -0.25) is 0 Å². The van der Waals surface area contributed by atoms with Gasteiger partial charge >= 0.3 is 0 Å². The largest absolute Gasteiger partial charge is 0.393 e. The number of aliphatic hydroxyl groups excluding tert-OH is 1. The van der Waals surface area contributed by atoms with Crippen molar-refractivity contribution >= 4 is 0 Å². The van der Waals surface area contributed by atoms with E-state index in [0.717, 1.165) is 29.5 Å². The summed E-state index contributed by atoms with van der Waals surface area (Å²) >= 11 is 0. The molecule has 1 fully saturated rings. The van der Waals surface area contributed by atoms with Gasteiger partial charge in [-0.25, -0.2) is 0 Å². The van der Waals surface area contributed by atoms with E-state index in [0.29, 0.717) is 12.5 Å². The van der Waals surface area contributed by atoms with Gasteiger partial charge in [0.05, 0.1) is 12.7 Å². The highest BCUT2D eigenvalue weighted by Crippen LogP contribution is 2.42. The molecular weight excluding hydrogens is 320 g/mol. The van der Waals surface area contributed by atoms with Gasteiger partial charge in [-0.15, -0.1) is 0 Å². The molecule has 0 unspecified atom stereocenters. The van der Waals surface area contributed by atoms with Gasteiger partial charge in [0.1, 0.15) is 5.60 Å². The molecule has 0 aromatic heterocycles. The van der Waals surface area contributed by atoms with Crippen molar-refractivity contribution in [2.24, 2.45) is 5.92 Å². The Morgan fingerprint density at radius 1 is 0.692 bits per heavy atom. The van der Waals surface area contributed by atoms with Crippen molar-refractivity contribution in [1.29, 1.82) is 0 Å². The van der Waals surface area contributed by atoms with E-state index in [1.165, 1.54) is 0 Å². The fourth-order valence-electron chi connectivity index (χ4n) is 3.85. The lowest BCUT2D eigenvalue weighted by Gasteiger charge is -2.39. The molecule has 3 aromatic carbocycles. The Balaban J connectivity index is 1.82. The molecule has 0 aliphatic heterocycles. The molecule has 0 amide bonds. The van der Waals surface area contributed by atoms with E-state index in [-0.39, 0.29) is 6.10 Å². The number of hydrogen-bond acceptors (Lipinski definition) is 2. The van der Waals surface area contributed by atoms with Crippen LogP contribution in [0.1, 0.15) is 29.5 Å². The minimum Gasteiger partial charge on any atom is -0.393 e. The lowest BCUT2D eigenvalue weighted by atomic mass is 9.79. The van der Waals surface area contributed by atoms with Gasteiger partial charge in [0.25, 0.3) is 0 Å². The molecule has 1 aliphatic rings. The molecule has 1 N–H and O–H groups in total. The first kappa shape index (κ1) is 17.0. The van der Waals surface area contributed by atoms with Gasteiger partial charge in [0.2, 0.25) is 0 Å². The van der Waals surface area contributed by atoms with Crippen molar-refractivity contribution in [3.63, 3.8) is 0 Å². The number of hydrogen-bond donors (Lipinski definition) is 1. The van der Waals surface area contributed by atoms with Crippen molar-refractivity contribution < 1.29 is 9.84 Å². The molecule has 132 valence electrons. The maximum atomic E-state index is 9.64. The highest BCUT2D eigenvalue weighted by molar-refractivity contribution is 5.47. The smallest absolute Gasteiger partial charge is 0.143 e. The highest BCUT2D eigenvalue weighted by Gasteiger charge is 2.39. The van der Waals surface area contributed by atoms with Crippen LogP contribution in [0.2, 0.25) is 0 Å². The van der Waals surface area contributed by atoms with E-state index in [2.05, 4.69) is 72.8 Å². The van der Waals surface area contributed by atoms with E-state index in [9.17, 15) is 5.11 Å². The Labute approximate surface area is 155 Å². The van der Waals surface area contributed by atoms with Gasteiger partial charge in [0, 0.05) is 0 Å². The average Bonchev–Trinajstić information content (AvgIpc) is 2.69. The van der Waals surface area contributed by atoms with Crippen LogP contribution in [-0.2, 0) is 10.3 Å². The predicted molar refractivity (Wildman–Crippen MR) is 104 cm³/mol. The Morgan fingerprint density at radius 3 is 1.42 bits per heavy atom. The molecule has 0 saturated heterocycles. The van der Waals surface area contributed by atoms with Crippen molar-refractivity contribution in [1.82, 2.24) is 0 Å². The molecule has 2 heteroatoms. The van der Waals surface area contributed by atoms with E-state index < -0.39 is 5.60 Å². The fraction of sp³-hybridized carbons (Fsp3) is 0.250. The minimum atomic E-state index is -0.648. The lowest BCUT2D eigenvalue weighted by Crippen LogP contribution is -2.38. The van der Waals surface area contributed by atoms with Gasteiger partial charge in [-0.1, -0.05) is 91.0 Å². The fourth-order valence-corrected chi connectivity index (χ4v) is 3.85. The number of ether oxygens (including phenoxy) is 1. The van der Waals surface area contributed by atoms with Crippen LogP contribution in [0.5, 0.6) is 0 Å². The van der Waals surface area contributed by atoms with Crippen LogP contribution in [0, 0.1) is 5.92 Å². The molecule has 0 spiro atoms. The zero-order valence-electron chi connectivity index (χ0n) is 14.8. The molecule has 1 saturated carbocycles. The quantitative estimate of drug-likeness (QED) is 0.653. The van der Waals surface area contributed by atoms with E-state index >= 15 is 0 Å². The first-order chi connectivity index (χ1) is 12.8. The van der Waals surface area contributed by atoms with Crippen LogP contribution < -0.4 is 0 Å². The Bertz CT molecular complexity index is 712. The third kappa shape index (κ3) is 3.18. The maximum Gasteiger partial charge on any atom is 0.143 e. The summed E-state index contributed by atoms with van der Waals surface area (Å²) in [5.74, 6) is 0.417. The summed E-state index contributed by atoms with van der Waals surface area (Å²) in [6.07, 6.45) is 1.49. The van der Waals surface area contributed by atoms with Crippen molar-refractivity contribution in [2.45, 2.75) is 24.5 Å². The predicted octanol–water partition coefficient (Wildman–Crippen LogP) is 4.77. The summed E-state index contributed by atoms with van der Waals surface area (Å²) < 4.78 is 6.73. The summed E-state index contributed by atoms with van der Waals surface area (Å²) in [5.41, 5.74) is 2.72. The number of rotatable bonds is 6. The summed E-state index contributed by atoms with van der Waals surface area (Å²) in [5, 5.41) is 9.64. The van der Waals surface area contributed by atoms with Crippen LogP contribution in [0.15, 0.2) is 91.0 Å². The van der Waals surface area contributed by atoms with Crippen molar-refractivity contribution in [3.8, 4) is 0 Å². The zero-order chi connectivity index (χ0) is 17.8. The summed E-state index contributed by atoms with van der Waals surface area (Å²) in [7, 11) is 0. The Morgan fingerprint density at radius 2 is 1.08 bits per heavy atom. The maximum absolute atomic E-state index is 9.64. The highest BCUT2D eigenvalue weighted by atomic mass is 16.5. The Hall–Kier alpha value is -2.42. The van der Waals surface area contributed by atoms with Crippen LogP contribution in [-0.4, -0.2) is 17.8 Å². The molecule has 0 bridgehead atoms. The van der Waals surface area contributed by atoms with Gasteiger partial charge in [-0.2, -0.15) is 0 Å². The normalized spacial score (nSPS) is 19.7. The standard InChI is InChI=1S/C24H24O2/c25-23-16-19(17-23)18-26-24(20-10-4-1-5-11-20,21-12-6-2-7-13-21)22-14-8-3-9-15-22/h1-15,19,23,25H,16-18H2/t19-,23-. The van der Waals surface area contributed by atoms with Crippen LogP contribution in [0.3, 0.4) is 0 Å². The monoisotopic (exact) mass is 344 g/mol. The molecule has 0 heterocycles. The van der Waals surface area contributed by atoms with E-state index in [1.807, 2.05) is 18.2 Å². The molecule has 1 aliphatic carbocycles. The second-order valence-corrected chi connectivity index (χ2v) is 7.08. The molecule has 2 nitrogen and oxygen atoms in total. The lowest BCUT2D eigenvalue weighted by molar-refractivity contribution is -0.0571. The van der Waals surface area contributed by atoms with Crippen LogP contribution >= 0.6 is 0 Å². The van der Waals surface area contributed by atoms with Crippen LogP contribution in [0.4, 0.5) is 0 Å². The first-order valence-corrected chi connectivity index (χ1v) is 9.27. The first-order valence-electron chi connectivity index (χ1n) is 9.27. The molecule has 3 aromatic rings. The average molecular weight is 344 g/mol. The SMILES string of the molecule is O[C@H]1C[C@H](COC(c2ccccc2)(c2ccccc2)c2ccccc2)C1. The molecule has 0 radical (unpaired) electrons. The summed E-state index contributed by atoms with van der Waals surface area (Å²) in [6.45, 7) is 0.635. The van der Waals surface area contributed by atoms with Crippen LogP contribution in [0.25, 0.3) is 0 Å². The van der Waals surface area contributed by atoms with Gasteiger partial charge in [-0.05, 0) is 35.4 Å². The summed E-state index contributed by atoms with van der Waals surface area (Å²) in [6, 6.07) is 31.3. The second kappa shape index (κ2) is 7.45. The topological polar surface area (TPSA) is 29.5 Å². The minimum absolute atomic E-state index is 0.164. The number of benzene rings is 3. The molecular formula is C24H24O2.